The number of aryl methyl sites for hydroxylation is 2. The maximum absolute atomic E-state index is 10.2. The van der Waals surface area contributed by atoms with E-state index in [4.69, 9.17) is 11.6 Å². The molecule has 0 aliphatic rings. The van der Waals surface area contributed by atoms with Crippen LogP contribution in [0.1, 0.15) is 11.1 Å². The lowest BCUT2D eigenvalue weighted by molar-refractivity contribution is 1.34. The number of benzene rings is 1. The predicted octanol–water partition coefficient (Wildman–Crippen LogP) is 3.35. The lowest BCUT2D eigenvalue weighted by Gasteiger charge is -2.00. The number of nitrogens with zero attached hydrogens (tertiary/aromatic N) is 1. The number of hydrogen-bond donors (Lipinski definition) is 0. The Morgan fingerprint density at radius 2 is 1.91 bits per heavy atom. The van der Waals surface area contributed by atoms with Crippen LogP contribution in [0.2, 0.25) is 5.02 Å². The first-order chi connectivity index (χ1) is 5.15. The van der Waals surface area contributed by atoms with Gasteiger partial charge in [-0.1, -0.05) is 17.7 Å². The summed E-state index contributed by atoms with van der Waals surface area (Å²) in [5.74, 6) is 0. The molecule has 0 N–H and O–H groups in total. The molecule has 0 unspecified atom stereocenters. The van der Waals surface area contributed by atoms with Gasteiger partial charge in [-0.2, -0.15) is 0 Å². The van der Waals surface area contributed by atoms with Gasteiger partial charge in [0.05, 0.1) is 0 Å². The Labute approximate surface area is 70.2 Å². The van der Waals surface area contributed by atoms with Crippen molar-refractivity contribution in [2.75, 3.05) is 0 Å². The average Bonchev–Trinajstić information content (AvgIpc) is 1.97. The first kappa shape index (κ1) is 8.21. The number of halogens is 1. The zero-order chi connectivity index (χ0) is 8.43. The summed E-state index contributed by atoms with van der Waals surface area (Å²) in [6.45, 7) is 3.73. The van der Waals surface area contributed by atoms with Crippen molar-refractivity contribution >= 4 is 17.3 Å². The third-order valence-electron chi connectivity index (χ3n) is 1.58. The van der Waals surface area contributed by atoms with Gasteiger partial charge in [0.2, 0.25) is 0 Å². The van der Waals surface area contributed by atoms with E-state index in [1.165, 1.54) is 0 Å². The molecular weight excluding hydrogens is 162 g/mol. The molecule has 0 aliphatic carbocycles. The lowest BCUT2D eigenvalue weighted by atomic mass is 10.1. The smallest absolute Gasteiger partial charge is 0.112 e. The van der Waals surface area contributed by atoms with E-state index in [1.54, 1.807) is 6.07 Å². The minimum absolute atomic E-state index is 0.417. The van der Waals surface area contributed by atoms with E-state index in [-0.39, 0.29) is 0 Å². The van der Waals surface area contributed by atoms with Crippen LogP contribution >= 0.6 is 11.6 Å². The maximum atomic E-state index is 10.2. The molecular formula is C8H8ClNO. The normalized spacial score (nSPS) is 9.73. The van der Waals surface area contributed by atoms with Crippen molar-refractivity contribution in [3.63, 3.8) is 0 Å². The molecule has 0 radical (unpaired) electrons. The minimum Gasteiger partial charge on any atom is -0.145 e. The molecule has 0 aliphatic heterocycles. The van der Waals surface area contributed by atoms with Gasteiger partial charge >= 0.3 is 0 Å². The largest absolute Gasteiger partial charge is 0.145 e. The topological polar surface area (TPSA) is 29.4 Å². The number of rotatable bonds is 1. The van der Waals surface area contributed by atoms with Crippen LogP contribution in [0.25, 0.3) is 0 Å². The monoisotopic (exact) mass is 169 g/mol. The average molecular weight is 170 g/mol. The van der Waals surface area contributed by atoms with Gasteiger partial charge in [0, 0.05) is 5.02 Å². The molecule has 1 aromatic carbocycles. The quantitative estimate of drug-likeness (QED) is 0.593. The van der Waals surface area contributed by atoms with Crippen LogP contribution in [-0.4, -0.2) is 0 Å². The first-order valence-electron chi connectivity index (χ1n) is 3.25. The van der Waals surface area contributed by atoms with Crippen molar-refractivity contribution in [1.82, 2.24) is 0 Å². The summed E-state index contributed by atoms with van der Waals surface area (Å²) < 4.78 is 0. The van der Waals surface area contributed by atoms with Crippen LogP contribution in [0.15, 0.2) is 17.3 Å². The second kappa shape index (κ2) is 3.01. The number of hydrogen-bond acceptors (Lipinski definition) is 2. The first-order valence-corrected chi connectivity index (χ1v) is 3.63. The summed E-state index contributed by atoms with van der Waals surface area (Å²) in [4.78, 5) is 10.2. The second-order valence-electron chi connectivity index (χ2n) is 2.48. The van der Waals surface area contributed by atoms with Crippen molar-refractivity contribution in [2.45, 2.75) is 13.8 Å². The molecule has 0 bridgehead atoms. The molecule has 1 rings (SSSR count). The van der Waals surface area contributed by atoms with E-state index in [9.17, 15) is 4.91 Å². The van der Waals surface area contributed by atoms with Gasteiger partial charge < -0.3 is 0 Å². The van der Waals surface area contributed by atoms with Crippen LogP contribution in [0.5, 0.6) is 0 Å². The fourth-order valence-corrected chi connectivity index (χ4v) is 1.07. The van der Waals surface area contributed by atoms with Gasteiger partial charge in [0.15, 0.2) is 0 Å². The zero-order valence-corrected chi connectivity index (χ0v) is 7.14. The van der Waals surface area contributed by atoms with Crippen molar-refractivity contribution in [3.05, 3.63) is 33.2 Å². The third kappa shape index (κ3) is 1.57. The molecule has 2 nitrogen and oxygen atoms in total. The highest BCUT2D eigenvalue weighted by Gasteiger charge is 2.01. The third-order valence-corrected chi connectivity index (χ3v) is 1.98. The van der Waals surface area contributed by atoms with Gasteiger partial charge in [-0.15, -0.1) is 4.91 Å². The Hall–Kier alpha value is -0.890. The van der Waals surface area contributed by atoms with Gasteiger partial charge in [0.1, 0.15) is 5.69 Å². The molecule has 0 atom stereocenters. The predicted molar refractivity (Wildman–Crippen MR) is 46.4 cm³/mol. The standard InChI is InChI=1S/C8H8ClNO/c1-5-3-6(2)8(10-11)4-7(5)9/h3-4H,1-2H3. The van der Waals surface area contributed by atoms with Gasteiger partial charge in [-0.05, 0) is 36.2 Å². The molecule has 1 aromatic rings. The number of nitroso groups, excluding NO2 is 1. The molecule has 0 saturated carbocycles. The Balaban J connectivity index is 3.31. The van der Waals surface area contributed by atoms with Gasteiger partial charge in [-0.25, -0.2) is 0 Å². The highest BCUT2D eigenvalue weighted by molar-refractivity contribution is 6.31. The van der Waals surface area contributed by atoms with E-state index in [0.717, 1.165) is 11.1 Å². The molecule has 0 heterocycles. The fourth-order valence-electron chi connectivity index (χ4n) is 0.914. The highest BCUT2D eigenvalue weighted by Crippen LogP contribution is 2.25. The Kier molecular flexibility index (Phi) is 2.25. The summed E-state index contributed by atoms with van der Waals surface area (Å²) in [5, 5.41) is 3.43. The lowest BCUT2D eigenvalue weighted by Crippen LogP contribution is -1.78. The summed E-state index contributed by atoms with van der Waals surface area (Å²) in [7, 11) is 0. The van der Waals surface area contributed by atoms with Crippen LogP contribution in [-0.2, 0) is 0 Å². The van der Waals surface area contributed by atoms with E-state index < -0.39 is 0 Å². The SMILES string of the molecule is Cc1cc(C)c(N=O)cc1Cl. The molecule has 0 spiro atoms. The van der Waals surface area contributed by atoms with Crippen LogP contribution in [0.3, 0.4) is 0 Å². The van der Waals surface area contributed by atoms with Crippen molar-refractivity contribution in [2.24, 2.45) is 5.18 Å². The summed E-state index contributed by atoms with van der Waals surface area (Å²) in [5.41, 5.74) is 2.25. The Bertz CT molecular complexity index is 296. The molecule has 0 amide bonds. The van der Waals surface area contributed by atoms with Crippen molar-refractivity contribution < 1.29 is 0 Å². The molecule has 0 saturated heterocycles. The minimum atomic E-state index is 0.417. The summed E-state index contributed by atoms with van der Waals surface area (Å²) in [6.07, 6.45) is 0. The van der Waals surface area contributed by atoms with Gasteiger partial charge in [-0.3, -0.25) is 0 Å². The molecule has 11 heavy (non-hydrogen) atoms. The molecule has 0 fully saturated rings. The summed E-state index contributed by atoms with van der Waals surface area (Å²) >= 11 is 5.77. The maximum Gasteiger partial charge on any atom is 0.112 e. The molecule has 58 valence electrons. The van der Waals surface area contributed by atoms with E-state index >= 15 is 0 Å². The van der Waals surface area contributed by atoms with Gasteiger partial charge in [0.25, 0.3) is 0 Å². The fraction of sp³-hybridized carbons (Fsp3) is 0.250. The summed E-state index contributed by atoms with van der Waals surface area (Å²) in [6, 6.07) is 3.43. The van der Waals surface area contributed by atoms with Crippen molar-refractivity contribution in [1.29, 1.82) is 0 Å². The van der Waals surface area contributed by atoms with Crippen LogP contribution in [0.4, 0.5) is 5.69 Å². The second-order valence-corrected chi connectivity index (χ2v) is 2.89. The molecule has 3 heteroatoms. The Morgan fingerprint density at radius 3 is 2.45 bits per heavy atom. The van der Waals surface area contributed by atoms with Crippen LogP contribution < -0.4 is 0 Å². The molecule has 0 aromatic heterocycles. The van der Waals surface area contributed by atoms with E-state index in [0.29, 0.717) is 10.7 Å². The van der Waals surface area contributed by atoms with E-state index in [2.05, 4.69) is 5.18 Å². The van der Waals surface area contributed by atoms with Crippen molar-refractivity contribution in [3.8, 4) is 0 Å². The highest BCUT2D eigenvalue weighted by atomic mass is 35.5. The zero-order valence-electron chi connectivity index (χ0n) is 6.39. The van der Waals surface area contributed by atoms with Crippen LogP contribution in [0, 0.1) is 18.8 Å². The Morgan fingerprint density at radius 1 is 1.27 bits per heavy atom. The van der Waals surface area contributed by atoms with E-state index in [1.807, 2.05) is 19.9 Å².